The maximum Gasteiger partial charge on any atom is 0.0682 e. The summed E-state index contributed by atoms with van der Waals surface area (Å²) in [6.45, 7) is 8.53. The molecule has 0 fully saturated rings. The van der Waals surface area contributed by atoms with Crippen molar-refractivity contribution in [2.75, 3.05) is 6.54 Å². The molecule has 1 unspecified atom stereocenters. The monoisotopic (exact) mass is 271 g/mol. The average Bonchev–Trinajstić information content (AvgIpc) is 2.94. The first kappa shape index (κ1) is 14.8. The van der Waals surface area contributed by atoms with E-state index in [1.807, 2.05) is 6.20 Å². The van der Waals surface area contributed by atoms with Gasteiger partial charge in [0.2, 0.25) is 0 Å². The summed E-state index contributed by atoms with van der Waals surface area (Å²) in [6.07, 6.45) is 4.10. The quantitative estimate of drug-likeness (QED) is 0.824. The van der Waals surface area contributed by atoms with Crippen molar-refractivity contribution in [1.29, 1.82) is 0 Å². The molecule has 1 heterocycles. The Morgan fingerprint density at radius 3 is 2.45 bits per heavy atom. The number of benzene rings is 1. The third-order valence-corrected chi connectivity index (χ3v) is 3.62. The Hall–Kier alpha value is -1.61. The van der Waals surface area contributed by atoms with Gasteiger partial charge in [0, 0.05) is 18.8 Å². The number of rotatable bonds is 7. The number of nitrogens with zero attached hydrogens (tertiary/aromatic N) is 2. The fourth-order valence-corrected chi connectivity index (χ4v) is 2.60. The molecule has 2 rings (SSSR count). The highest BCUT2D eigenvalue weighted by Crippen LogP contribution is 2.23. The van der Waals surface area contributed by atoms with Crippen molar-refractivity contribution in [3.05, 3.63) is 42.1 Å². The minimum absolute atomic E-state index is 0.453. The summed E-state index contributed by atoms with van der Waals surface area (Å²) in [6, 6.07) is 11.4. The normalized spacial score (nSPS) is 12.6. The minimum atomic E-state index is 0.453. The van der Waals surface area contributed by atoms with Crippen LogP contribution in [0.3, 0.4) is 0 Å². The van der Waals surface area contributed by atoms with E-state index in [0.29, 0.717) is 6.04 Å². The van der Waals surface area contributed by atoms with Crippen molar-refractivity contribution >= 4 is 0 Å². The largest absolute Gasteiger partial charge is 0.310 e. The van der Waals surface area contributed by atoms with Gasteiger partial charge in [0.25, 0.3) is 0 Å². The van der Waals surface area contributed by atoms with E-state index in [4.69, 9.17) is 0 Å². The molecule has 0 spiro atoms. The fraction of sp³-hybridized carbons (Fsp3) is 0.471. The zero-order valence-corrected chi connectivity index (χ0v) is 12.8. The highest BCUT2D eigenvalue weighted by Gasteiger charge is 2.09. The first-order chi connectivity index (χ1) is 9.80. The van der Waals surface area contributed by atoms with Crippen LogP contribution in [0.4, 0.5) is 0 Å². The van der Waals surface area contributed by atoms with Gasteiger partial charge in [0.15, 0.2) is 0 Å². The SMILES string of the molecule is CCCn1nccc1-c1ccc(C(CC)NCC)cc1. The van der Waals surface area contributed by atoms with E-state index in [1.54, 1.807) is 0 Å². The van der Waals surface area contributed by atoms with Gasteiger partial charge in [-0.3, -0.25) is 4.68 Å². The first-order valence-electron chi connectivity index (χ1n) is 7.65. The van der Waals surface area contributed by atoms with E-state index in [9.17, 15) is 0 Å². The second kappa shape index (κ2) is 7.25. The highest BCUT2D eigenvalue weighted by molar-refractivity contribution is 5.59. The number of aryl methyl sites for hydroxylation is 1. The maximum absolute atomic E-state index is 4.39. The highest BCUT2D eigenvalue weighted by atomic mass is 15.3. The molecule has 108 valence electrons. The van der Waals surface area contributed by atoms with Crippen LogP contribution in [0.1, 0.15) is 45.2 Å². The number of nitrogens with one attached hydrogen (secondary N) is 1. The zero-order valence-electron chi connectivity index (χ0n) is 12.8. The number of hydrogen-bond donors (Lipinski definition) is 1. The van der Waals surface area contributed by atoms with Gasteiger partial charge in [-0.25, -0.2) is 0 Å². The van der Waals surface area contributed by atoms with Crippen LogP contribution in [-0.2, 0) is 6.54 Å². The van der Waals surface area contributed by atoms with Gasteiger partial charge in [-0.15, -0.1) is 0 Å². The van der Waals surface area contributed by atoms with Crippen LogP contribution in [0, 0.1) is 0 Å². The molecule has 0 saturated carbocycles. The van der Waals surface area contributed by atoms with Gasteiger partial charge < -0.3 is 5.32 Å². The van der Waals surface area contributed by atoms with Crippen LogP contribution in [0.25, 0.3) is 11.3 Å². The summed E-state index contributed by atoms with van der Waals surface area (Å²) in [7, 11) is 0. The lowest BCUT2D eigenvalue weighted by Gasteiger charge is -2.16. The van der Waals surface area contributed by atoms with Gasteiger partial charge >= 0.3 is 0 Å². The molecular formula is C17H25N3. The molecule has 0 amide bonds. The standard InChI is InChI=1S/C17H25N3/c1-4-13-20-17(11-12-19-20)15-9-7-14(8-10-15)16(5-2)18-6-3/h7-12,16,18H,4-6,13H2,1-3H3. The van der Waals surface area contributed by atoms with Crippen molar-refractivity contribution in [1.82, 2.24) is 15.1 Å². The molecule has 1 aromatic heterocycles. The smallest absolute Gasteiger partial charge is 0.0682 e. The molecule has 0 bridgehead atoms. The van der Waals surface area contributed by atoms with E-state index in [-0.39, 0.29) is 0 Å². The molecule has 0 aliphatic rings. The summed E-state index contributed by atoms with van der Waals surface area (Å²) in [5, 5.41) is 7.91. The van der Waals surface area contributed by atoms with Crippen molar-refractivity contribution in [3.8, 4) is 11.3 Å². The lowest BCUT2D eigenvalue weighted by molar-refractivity contribution is 0.537. The predicted molar refractivity (Wildman–Crippen MR) is 84.7 cm³/mol. The molecule has 20 heavy (non-hydrogen) atoms. The van der Waals surface area contributed by atoms with Gasteiger partial charge in [0.1, 0.15) is 0 Å². The Labute approximate surface area is 122 Å². The summed E-state index contributed by atoms with van der Waals surface area (Å²) < 4.78 is 2.08. The van der Waals surface area contributed by atoms with Gasteiger partial charge in [-0.1, -0.05) is 45.0 Å². The molecule has 0 aliphatic carbocycles. The summed E-state index contributed by atoms with van der Waals surface area (Å²) in [5.74, 6) is 0. The van der Waals surface area contributed by atoms with Gasteiger partial charge in [0.05, 0.1) is 5.69 Å². The third kappa shape index (κ3) is 3.28. The molecule has 2 aromatic rings. The summed E-state index contributed by atoms with van der Waals surface area (Å²) >= 11 is 0. The molecular weight excluding hydrogens is 246 g/mol. The summed E-state index contributed by atoms with van der Waals surface area (Å²) in [5.41, 5.74) is 3.81. The Morgan fingerprint density at radius 2 is 1.85 bits per heavy atom. The van der Waals surface area contributed by atoms with Crippen LogP contribution in [0.5, 0.6) is 0 Å². The molecule has 3 heteroatoms. The van der Waals surface area contributed by atoms with Crippen molar-refractivity contribution < 1.29 is 0 Å². The van der Waals surface area contributed by atoms with E-state index >= 15 is 0 Å². The summed E-state index contributed by atoms with van der Waals surface area (Å²) in [4.78, 5) is 0. The van der Waals surface area contributed by atoms with Crippen LogP contribution >= 0.6 is 0 Å². The fourth-order valence-electron chi connectivity index (χ4n) is 2.60. The molecule has 1 atom stereocenters. The zero-order chi connectivity index (χ0) is 14.4. The molecule has 3 nitrogen and oxygen atoms in total. The lowest BCUT2D eigenvalue weighted by Crippen LogP contribution is -2.19. The van der Waals surface area contributed by atoms with Crippen LogP contribution in [-0.4, -0.2) is 16.3 Å². The second-order valence-corrected chi connectivity index (χ2v) is 5.08. The van der Waals surface area contributed by atoms with E-state index in [2.05, 4.69) is 66.2 Å². The second-order valence-electron chi connectivity index (χ2n) is 5.08. The van der Waals surface area contributed by atoms with Gasteiger partial charge in [-0.2, -0.15) is 5.10 Å². The van der Waals surface area contributed by atoms with Crippen LogP contribution in [0.15, 0.2) is 36.5 Å². The first-order valence-corrected chi connectivity index (χ1v) is 7.65. The lowest BCUT2D eigenvalue weighted by atomic mass is 10.0. The van der Waals surface area contributed by atoms with Gasteiger partial charge in [-0.05, 0) is 36.6 Å². The topological polar surface area (TPSA) is 29.9 Å². The number of hydrogen-bond acceptors (Lipinski definition) is 2. The molecule has 0 aliphatic heterocycles. The van der Waals surface area contributed by atoms with E-state index < -0.39 is 0 Å². The third-order valence-electron chi connectivity index (χ3n) is 3.62. The Bertz CT molecular complexity index is 513. The molecule has 0 saturated heterocycles. The molecule has 1 aromatic carbocycles. The van der Waals surface area contributed by atoms with Crippen molar-refractivity contribution in [3.63, 3.8) is 0 Å². The predicted octanol–water partition coefficient (Wildman–Crippen LogP) is 4.02. The number of aromatic nitrogens is 2. The van der Waals surface area contributed by atoms with E-state index in [0.717, 1.165) is 25.9 Å². The Balaban J connectivity index is 2.21. The maximum atomic E-state index is 4.39. The van der Waals surface area contributed by atoms with Crippen LogP contribution < -0.4 is 5.32 Å². The Morgan fingerprint density at radius 1 is 1.10 bits per heavy atom. The minimum Gasteiger partial charge on any atom is -0.310 e. The van der Waals surface area contributed by atoms with Crippen molar-refractivity contribution in [2.45, 2.75) is 46.2 Å². The van der Waals surface area contributed by atoms with E-state index in [1.165, 1.54) is 16.8 Å². The van der Waals surface area contributed by atoms with Crippen LogP contribution in [0.2, 0.25) is 0 Å². The van der Waals surface area contributed by atoms with Crippen molar-refractivity contribution in [2.24, 2.45) is 0 Å². The Kier molecular flexibility index (Phi) is 5.36. The molecule has 0 radical (unpaired) electrons. The molecule has 1 N–H and O–H groups in total. The average molecular weight is 271 g/mol.